The van der Waals surface area contributed by atoms with Crippen LogP contribution in [0.25, 0.3) is 11.4 Å². The van der Waals surface area contributed by atoms with E-state index in [1.54, 1.807) is 12.4 Å². The number of hydrogen-bond acceptors (Lipinski definition) is 5. The number of nitrogens with zero attached hydrogens (tertiary/aromatic N) is 3. The Kier molecular flexibility index (Phi) is 2.90. The molecule has 2 aromatic rings. The molecule has 2 aliphatic heterocycles. The first-order chi connectivity index (χ1) is 9.90. The van der Waals surface area contributed by atoms with Crippen molar-refractivity contribution in [1.82, 2.24) is 20.1 Å². The van der Waals surface area contributed by atoms with Crippen LogP contribution in [0.1, 0.15) is 6.23 Å². The summed E-state index contributed by atoms with van der Waals surface area (Å²) in [6.07, 6.45) is 3.61. The summed E-state index contributed by atoms with van der Waals surface area (Å²) in [6, 6.07) is 5.87. The second-order valence-electron chi connectivity index (χ2n) is 5.16. The molecule has 1 unspecified atom stereocenters. The summed E-state index contributed by atoms with van der Waals surface area (Å²) in [7, 11) is 0. The standard InChI is InChI=1S/C14H16N4O2/c1-2-12(13-3-4-17-18(13)14-9-20-14)16-7-11(1)19-8-10-5-15-6-10/h1-4,7,10,14-15H,5-6,8-9H2. The van der Waals surface area contributed by atoms with Crippen LogP contribution in [0.3, 0.4) is 0 Å². The zero-order chi connectivity index (χ0) is 13.4. The van der Waals surface area contributed by atoms with Crippen LogP contribution in [0.15, 0.2) is 30.6 Å². The minimum Gasteiger partial charge on any atom is -0.492 e. The van der Waals surface area contributed by atoms with Crippen LogP contribution in [-0.4, -0.2) is 41.1 Å². The van der Waals surface area contributed by atoms with Crippen molar-refractivity contribution in [3.63, 3.8) is 0 Å². The van der Waals surface area contributed by atoms with Gasteiger partial charge in [-0.3, -0.25) is 4.98 Å². The van der Waals surface area contributed by atoms with Gasteiger partial charge in [0.25, 0.3) is 0 Å². The van der Waals surface area contributed by atoms with Gasteiger partial charge in [0, 0.05) is 25.2 Å². The normalized spacial score (nSPS) is 21.5. The number of hydrogen-bond donors (Lipinski definition) is 1. The van der Waals surface area contributed by atoms with E-state index in [2.05, 4.69) is 15.4 Å². The lowest BCUT2D eigenvalue weighted by Crippen LogP contribution is -2.45. The summed E-state index contributed by atoms with van der Waals surface area (Å²) in [5.74, 6) is 1.44. The highest BCUT2D eigenvalue weighted by Crippen LogP contribution is 2.28. The molecule has 0 bridgehead atoms. The molecule has 0 amide bonds. The summed E-state index contributed by atoms with van der Waals surface area (Å²) < 4.78 is 12.9. The van der Waals surface area contributed by atoms with E-state index >= 15 is 0 Å². The van der Waals surface area contributed by atoms with E-state index in [0.717, 1.165) is 43.4 Å². The molecule has 0 aromatic carbocycles. The molecule has 4 heterocycles. The van der Waals surface area contributed by atoms with E-state index in [1.165, 1.54) is 0 Å². The molecule has 4 rings (SSSR count). The number of pyridine rings is 1. The Hall–Kier alpha value is -1.92. The monoisotopic (exact) mass is 272 g/mol. The quantitative estimate of drug-likeness (QED) is 0.825. The molecule has 2 saturated heterocycles. The van der Waals surface area contributed by atoms with Crippen LogP contribution in [0.2, 0.25) is 0 Å². The van der Waals surface area contributed by atoms with Crippen LogP contribution < -0.4 is 10.1 Å². The number of rotatable bonds is 5. The second-order valence-corrected chi connectivity index (χ2v) is 5.16. The third kappa shape index (κ3) is 2.28. The Labute approximate surface area is 116 Å². The zero-order valence-corrected chi connectivity index (χ0v) is 11.0. The molecule has 0 radical (unpaired) electrons. The summed E-state index contributed by atoms with van der Waals surface area (Å²) in [5, 5.41) is 7.50. The lowest BCUT2D eigenvalue weighted by atomic mass is 10.1. The maximum absolute atomic E-state index is 5.72. The molecule has 2 aromatic heterocycles. The van der Waals surface area contributed by atoms with Gasteiger partial charge in [0.1, 0.15) is 5.75 Å². The Bertz CT molecular complexity index is 587. The fourth-order valence-electron chi connectivity index (χ4n) is 2.23. The highest BCUT2D eigenvalue weighted by atomic mass is 16.6. The average Bonchev–Trinajstić information content (AvgIpc) is 3.16. The fourth-order valence-corrected chi connectivity index (χ4v) is 2.23. The Morgan fingerprint density at radius 3 is 2.90 bits per heavy atom. The fraction of sp³-hybridized carbons (Fsp3) is 0.429. The molecule has 0 spiro atoms. The highest BCUT2D eigenvalue weighted by Gasteiger charge is 2.28. The van der Waals surface area contributed by atoms with E-state index < -0.39 is 0 Å². The molecule has 104 valence electrons. The summed E-state index contributed by atoms with van der Waals surface area (Å²) in [5.41, 5.74) is 1.86. The van der Waals surface area contributed by atoms with Gasteiger partial charge < -0.3 is 14.8 Å². The van der Waals surface area contributed by atoms with Gasteiger partial charge in [0.05, 0.1) is 30.8 Å². The van der Waals surface area contributed by atoms with Gasteiger partial charge in [-0.1, -0.05) is 0 Å². The predicted molar refractivity (Wildman–Crippen MR) is 72.3 cm³/mol. The first-order valence-corrected chi connectivity index (χ1v) is 6.85. The molecular formula is C14H16N4O2. The minimum atomic E-state index is 0.0730. The van der Waals surface area contributed by atoms with Gasteiger partial charge in [-0.15, -0.1) is 0 Å². The van der Waals surface area contributed by atoms with Crippen molar-refractivity contribution < 1.29 is 9.47 Å². The highest BCUT2D eigenvalue weighted by molar-refractivity contribution is 5.54. The number of nitrogens with one attached hydrogen (secondary N) is 1. The topological polar surface area (TPSA) is 64.5 Å². The van der Waals surface area contributed by atoms with Crippen molar-refractivity contribution in [1.29, 1.82) is 0 Å². The van der Waals surface area contributed by atoms with Crippen molar-refractivity contribution in [2.24, 2.45) is 5.92 Å². The van der Waals surface area contributed by atoms with Crippen molar-refractivity contribution in [3.8, 4) is 17.1 Å². The number of ether oxygens (including phenoxy) is 2. The van der Waals surface area contributed by atoms with Gasteiger partial charge in [-0.05, 0) is 18.2 Å². The molecule has 1 atom stereocenters. The molecule has 0 saturated carbocycles. The van der Waals surface area contributed by atoms with Crippen LogP contribution in [0.5, 0.6) is 5.75 Å². The Morgan fingerprint density at radius 2 is 2.25 bits per heavy atom. The third-order valence-electron chi connectivity index (χ3n) is 3.61. The van der Waals surface area contributed by atoms with E-state index in [1.807, 2.05) is 22.9 Å². The molecular weight excluding hydrogens is 256 g/mol. The van der Waals surface area contributed by atoms with Crippen LogP contribution in [0.4, 0.5) is 0 Å². The second kappa shape index (κ2) is 4.88. The van der Waals surface area contributed by atoms with Gasteiger partial charge in [0.15, 0.2) is 6.23 Å². The summed E-state index contributed by atoms with van der Waals surface area (Å²) in [6.45, 7) is 3.57. The van der Waals surface area contributed by atoms with Gasteiger partial charge >= 0.3 is 0 Å². The largest absolute Gasteiger partial charge is 0.492 e. The minimum absolute atomic E-state index is 0.0730. The maximum atomic E-state index is 5.72. The van der Waals surface area contributed by atoms with Gasteiger partial charge in [-0.2, -0.15) is 5.10 Å². The Balaban J connectivity index is 1.47. The lowest BCUT2D eigenvalue weighted by Gasteiger charge is -2.26. The summed E-state index contributed by atoms with van der Waals surface area (Å²) >= 11 is 0. The van der Waals surface area contributed by atoms with E-state index in [9.17, 15) is 0 Å². The van der Waals surface area contributed by atoms with Crippen LogP contribution in [-0.2, 0) is 4.74 Å². The first kappa shape index (κ1) is 11.9. The van der Waals surface area contributed by atoms with Crippen molar-refractivity contribution in [3.05, 3.63) is 30.6 Å². The van der Waals surface area contributed by atoms with E-state index in [-0.39, 0.29) is 6.23 Å². The summed E-state index contributed by atoms with van der Waals surface area (Å²) in [4.78, 5) is 4.46. The Morgan fingerprint density at radius 1 is 1.35 bits per heavy atom. The third-order valence-corrected chi connectivity index (χ3v) is 3.61. The van der Waals surface area contributed by atoms with E-state index in [0.29, 0.717) is 5.92 Å². The van der Waals surface area contributed by atoms with Crippen LogP contribution in [0, 0.1) is 5.92 Å². The lowest BCUT2D eigenvalue weighted by molar-refractivity contribution is 0.198. The molecule has 20 heavy (non-hydrogen) atoms. The molecule has 6 nitrogen and oxygen atoms in total. The number of epoxide rings is 1. The van der Waals surface area contributed by atoms with Crippen LogP contribution >= 0.6 is 0 Å². The molecule has 1 N–H and O–H groups in total. The predicted octanol–water partition coefficient (Wildman–Crippen LogP) is 1.07. The smallest absolute Gasteiger partial charge is 0.174 e. The first-order valence-electron chi connectivity index (χ1n) is 6.85. The molecule has 0 aliphatic carbocycles. The molecule has 2 fully saturated rings. The molecule has 6 heteroatoms. The average molecular weight is 272 g/mol. The van der Waals surface area contributed by atoms with Crippen molar-refractivity contribution in [2.75, 3.05) is 26.3 Å². The molecule has 2 aliphatic rings. The SMILES string of the molecule is c1cc(-c2ccc(OCC3CNC3)cn2)n(C2CO2)n1. The number of aromatic nitrogens is 3. The zero-order valence-electron chi connectivity index (χ0n) is 11.0. The van der Waals surface area contributed by atoms with Crippen molar-refractivity contribution >= 4 is 0 Å². The van der Waals surface area contributed by atoms with Crippen molar-refractivity contribution in [2.45, 2.75) is 6.23 Å². The van der Waals surface area contributed by atoms with E-state index in [4.69, 9.17) is 9.47 Å². The maximum Gasteiger partial charge on any atom is 0.174 e. The van der Waals surface area contributed by atoms with Gasteiger partial charge in [-0.25, -0.2) is 4.68 Å². The van der Waals surface area contributed by atoms with Gasteiger partial charge in [0.2, 0.25) is 0 Å².